The summed E-state index contributed by atoms with van der Waals surface area (Å²) in [6, 6.07) is 3.10. The van der Waals surface area contributed by atoms with Gasteiger partial charge in [-0.2, -0.15) is 0 Å². The van der Waals surface area contributed by atoms with Crippen molar-refractivity contribution in [3.8, 4) is 0 Å². The second-order valence-electron chi connectivity index (χ2n) is 7.15. The van der Waals surface area contributed by atoms with Gasteiger partial charge in [-0.3, -0.25) is 9.59 Å². The van der Waals surface area contributed by atoms with Crippen LogP contribution in [-0.2, 0) is 16.1 Å². The lowest BCUT2D eigenvalue weighted by Crippen LogP contribution is -2.51. The molecule has 0 bridgehead atoms. The van der Waals surface area contributed by atoms with Gasteiger partial charge in [0.2, 0.25) is 11.8 Å². The maximum Gasteiger partial charge on any atom is 0.243 e. The topological polar surface area (TPSA) is 71.3 Å². The maximum atomic E-state index is 12.5. The zero-order valence-corrected chi connectivity index (χ0v) is 15.0. The van der Waals surface area contributed by atoms with Crippen LogP contribution in [0.5, 0.6) is 0 Å². The van der Waals surface area contributed by atoms with E-state index in [1.807, 2.05) is 19.9 Å². The first-order valence-electron chi connectivity index (χ1n) is 9.11. The van der Waals surface area contributed by atoms with Crippen LogP contribution in [0.25, 0.3) is 0 Å². The number of furan rings is 1. The highest BCUT2D eigenvalue weighted by Gasteiger charge is 2.30. The third-order valence-electron chi connectivity index (χ3n) is 5.06. The molecule has 1 atom stereocenters. The lowest BCUT2D eigenvalue weighted by atomic mass is 9.80. The molecule has 0 aliphatic heterocycles. The van der Waals surface area contributed by atoms with Gasteiger partial charge < -0.3 is 15.1 Å². The van der Waals surface area contributed by atoms with E-state index in [-0.39, 0.29) is 23.7 Å². The predicted octanol–water partition coefficient (Wildman–Crippen LogP) is 3.25. The minimum absolute atomic E-state index is 0.0244. The van der Waals surface area contributed by atoms with Crippen molar-refractivity contribution in [3.63, 3.8) is 0 Å². The van der Waals surface area contributed by atoms with E-state index < -0.39 is 6.04 Å². The van der Waals surface area contributed by atoms with Crippen molar-refractivity contribution in [2.45, 2.75) is 65.5 Å². The van der Waals surface area contributed by atoms with E-state index in [0.717, 1.165) is 31.6 Å². The van der Waals surface area contributed by atoms with Crippen LogP contribution in [0.1, 0.15) is 58.6 Å². The Labute approximate surface area is 144 Å². The van der Waals surface area contributed by atoms with Gasteiger partial charge in [0, 0.05) is 5.92 Å². The number of hydrogen-bond acceptors (Lipinski definition) is 3. The molecule has 0 radical (unpaired) electrons. The van der Waals surface area contributed by atoms with E-state index in [4.69, 9.17) is 4.42 Å². The smallest absolute Gasteiger partial charge is 0.243 e. The van der Waals surface area contributed by atoms with E-state index in [0.29, 0.717) is 12.3 Å². The monoisotopic (exact) mass is 334 g/mol. The lowest BCUT2D eigenvalue weighted by molar-refractivity contribution is -0.133. The number of carbonyl (C=O) groups is 2. The van der Waals surface area contributed by atoms with E-state index in [1.54, 1.807) is 12.3 Å². The number of nitrogens with one attached hydrogen (secondary N) is 2. The molecular formula is C19H30N2O3. The van der Waals surface area contributed by atoms with Crippen molar-refractivity contribution < 1.29 is 14.0 Å². The molecule has 1 aromatic rings. The standard InChI is InChI=1S/C19H30N2O3/c1-4-14-7-9-15(10-8-14)18(22)21-17(13(2)3)19(23)20-12-16-6-5-11-24-16/h5-6,11,13-15,17H,4,7-10,12H2,1-3H3,(H,20,23)(H,21,22)/t14?,15?,17-/m1/s1. The first kappa shape index (κ1) is 18.6. The number of rotatable bonds is 7. The highest BCUT2D eigenvalue weighted by atomic mass is 16.3. The van der Waals surface area contributed by atoms with Crippen molar-refractivity contribution in [1.82, 2.24) is 10.6 Å². The molecule has 0 saturated heterocycles. The van der Waals surface area contributed by atoms with Crippen LogP contribution >= 0.6 is 0 Å². The Morgan fingerprint density at radius 1 is 1.25 bits per heavy atom. The van der Waals surface area contributed by atoms with Crippen LogP contribution < -0.4 is 10.6 Å². The summed E-state index contributed by atoms with van der Waals surface area (Å²) in [6.45, 7) is 6.45. The fourth-order valence-electron chi connectivity index (χ4n) is 3.34. The molecule has 1 aliphatic carbocycles. The highest BCUT2D eigenvalue weighted by Crippen LogP contribution is 2.30. The van der Waals surface area contributed by atoms with Crippen molar-refractivity contribution in [1.29, 1.82) is 0 Å². The van der Waals surface area contributed by atoms with E-state index in [1.165, 1.54) is 6.42 Å². The van der Waals surface area contributed by atoms with Crippen molar-refractivity contribution in [2.24, 2.45) is 17.8 Å². The molecule has 5 heteroatoms. The molecule has 1 heterocycles. The largest absolute Gasteiger partial charge is 0.467 e. The van der Waals surface area contributed by atoms with Crippen molar-refractivity contribution in [2.75, 3.05) is 0 Å². The summed E-state index contributed by atoms with van der Waals surface area (Å²) in [7, 11) is 0. The molecule has 2 amide bonds. The first-order chi connectivity index (χ1) is 11.5. The van der Waals surface area contributed by atoms with Crippen LogP contribution in [0, 0.1) is 17.8 Å². The quantitative estimate of drug-likeness (QED) is 0.804. The van der Waals surface area contributed by atoms with Crippen LogP contribution in [0.4, 0.5) is 0 Å². The Bertz CT molecular complexity index is 517. The average Bonchev–Trinajstić information content (AvgIpc) is 3.10. The zero-order valence-electron chi connectivity index (χ0n) is 15.0. The van der Waals surface area contributed by atoms with E-state index in [2.05, 4.69) is 17.6 Å². The van der Waals surface area contributed by atoms with Gasteiger partial charge in [0.25, 0.3) is 0 Å². The van der Waals surface area contributed by atoms with Gasteiger partial charge in [-0.25, -0.2) is 0 Å². The summed E-state index contributed by atoms with van der Waals surface area (Å²) in [6.07, 6.45) is 6.87. The first-order valence-corrected chi connectivity index (χ1v) is 9.11. The van der Waals surface area contributed by atoms with Crippen LogP contribution in [0.2, 0.25) is 0 Å². The summed E-state index contributed by atoms with van der Waals surface area (Å²) < 4.78 is 5.22. The fourth-order valence-corrected chi connectivity index (χ4v) is 3.34. The van der Waals surface area contributed by atoms with Crippen LogP contribution in [-0.4, -0.2) is 17.9 Å². The molecule has 1 aromatic heterocycles. The molecule has 1 saturated carbocycles. The van der Waals surface area contributed by atoms with Gasteiger partial charge in [0.05, 0.1) is 12.8 Å². The Kier molecular flexibility index (Phi) is 6.88. The Hall–Kier alpha value is -1.78. The summed E-state index contributed by atoms with van der Waals surface area (Å²) in [5, 5.41) is 5.81. The fraction of sp³-hybridized carbons (Fsp3) is 0.684. The second kappa shape index (κ2) is 8.90. The second-order valence-corrected chi connectivity index (χ2v) is 7.15. The molecule has 1 fully saturated rings. The van der Waals surface area contributed by atoms with Crippen LogP contribution in [0.3, 0.4) is 0 Å². The third-order valence-corrected chi connectivity index (χ3v) is 5.06. The minimum Gasteiger partial charge on any atom is -0.467 e. The summed E-state index contributed by atoms with van der Waals surface area (Å²) in [4.78, 5) is 25.0. The molecule has 0 unspecified atom stereocenters. The molecule has 5 nitrogen and oxygen atoms in total. The Balaban J connectivity index is 1.85. The molecule has 24 heavy (non-hydrogen) atoms. The van der Waals surface area contributed by atoms with Gasteiger partial charge in [-0.15, -0.1) is 0 Å². The van der Waals surface area contributed by atoms with E-state index in [9.17, 15) is 9.59 Å². The molecular weight excluding hydrogens is 304 g/mol. The SMILES string of the molecule is CCC1CCC(C(=O)N[C@@H](C(=O)NCc2ccco2)C(C)C)CC1. The summed E-state index contributed by atoms with van der Waals surface area (Å²) >= 11 is 0. The number of hydrogen-bond donors (Lipinski definition) is 2. The molecule has 2 rings (SSSR count). The minimum atomic E-state index is -0.503. The number of amides is 2. The molecule has 0 aromatic carbocycles. The predicted molar refractivity (Wildman–Crippen MR) is 93.1 cm³/mol. The van der Waals surface area contributed by atoms with Crippen molar-refractivity contribution in [3.05, 3.63) is 24.2 Å². The molecule has 1 aliphatic rings. The zero-order chi connectivity index (χ0) is 17.5. The Morgan fingerprint density at radius 2 is 1.96 bits per heavy atom. The summed E-state index contributed by atoms with van der Waals surface area (Å²) in [5.41, 5.74) is 0. The van der Waals surface area contributed by atoms with Gasteiger partial charge in [0.1, 0.15) is 11.8 Å². The lowest BCUT2D eigenvalue weighted by Gasteiger charge is -2.29. The van der Waals surface area contributed by atoms with Gasteiger partial charge in [-0.05, 0) is 49.7 Å². The molecule has 134 valence electrons. The number of carbonyl (C=O) groups excluding carboxylic acids is 2. The maximum absolute atomic E-state index is 12.5. The summed E-state index contributed by atoms with van der Waals surface area (Å²) in [5.74, 6) is 1.42. The van der Waals surface area contributed by atoms with Crippen LogP contribution in [0.15, 0.2) is 22.8 Å². The molecule has 0 spiro atoms. The van der Waals surface area contributed by atoms with Gasteiger partial charge >= 0.3 is 0 Å². The average molecular weight is 334 g/mol. The van der Waals surface area contributed by atoms with Gasteiger partial charge in [-0.1, -0.05) is 27.2 Å². The van der Waals surface area contributed by atoms with Crippen molar-refractivity contribution >= 4 is 11.8 Å². The Morgan fingerprint density at radius 3 is 2.50 bits per heavy atom. The highest BCUT2D eigenvalue weighted by molar-refractivity contribution is 5.88. The normalized spacial score (nSPS) is 22.2. The van der Waals surface area contributed by atoms with Gasteiger partial charge in [0.15, 0.2) is 0 Å². The molecule has 2 N–H and O–H groups in total. The third kappa shape index (κ3) is 5.11. The van der Waals surface area contributed by atoms with E-state index >= 15 is 0 Å².